The van der Waals surface area contributed by atoms with E-state index >= 15 is 0 Å². The molecule has 1 amide bonds. The molecule has 134 valence electrons. The van der Waals surface area contributed by atoms with Gasteiger partial charge in [0.15, 0.2) is 0 Å². The fourth-order valence-corrected chi connectivity index (χ4v) is 4.17. The van der Waals surface area contributed by atoms with Crippen LogP contribution in [0.15, 0.2) is 59.5 Å². The minimum absolute atomic E-state index is 0.131. The average molecular weight is 384 g/mol. The fourth-order valence-electron chi connectivity index (χ4n) is 2.59. The average Bonchev–Trinajstić information content (AvgIpc) is 3.10. The van der Waals surface area contributed by atoms with Crippen molar-refractivity contribution in [1.29, 1.82) is 0 Å². The molecule has 1 aromatic heterocycles. The first-order valence-electron chi connectivity index (χ1n) is 8.65. The molecule has 1 N–H and O–H groups in total. The van der Waals surface area contributed by atoms with E-state index in [0.29, 0.717) is 10.7 Å². The van der Waals surface area contributed by atoms with Gasteiger partial charge in [-0.1, -0.05) is 60.7 Å². The highest BCUT2D eigenvalue weighted by Gasteiger charge is 2.13. The Morgan fingerprint density at radius 2 is 1.81 bits per heavy atom. The van der Waals surface area contributed by atoms with Gasteiger partial charge in [0.2, 0.25) is 5.13 Å². The van der Waals surface area contributed by atoms with Crippen LogP contribution in [0.3, 0.4) is 0 Å². The summed E-state index contributed by atoms with van der Waals surface area (Å²) in [7, 11) is 0. The first-order chi connectivity index (χ1) is 12.8. The zero-order valence-corrected chi connectivity index (χ0v) is 16.3. The van der Waals surface area contributed by atoms with Crippen LogP contribution in [0, 0.1) is 0 Å². The Kier molecular flexibility index (Phi) is 6.80. The lowest BCUT2D eigenvalue weighted by molar-refractivity contribution is 0.102. The molecular formula is C20H21N3OS2. The number of nitrogens with zero attached hydrogens (tertiary/aromatic N) is 2. The zero-order chi connectivity index (χ0) is 18.2. The first kappa shape index (κ1) is 18.6. The Morgan fingerprint density at radius 1 is 1.04 bits per heavy atom. The Bertz CT molecular complexity index is 849. The maximum absolute atomic E-state index is 12.5. The third kappa shape index (κ3) is 5.16. The smallest absolute Gasteiger partial charge is 0.258 e. The van der Waals surface area contributed by atoms with Crippen molar-refractivity contribution >= 4 is 34.1 Å². The molecule has 0 saturated heterocycles. The standard InChI is InChI=1S/C20H21N3OS2/c1-2-25-17-13-7-6-12-16(17)19(24)21-20-23-22-18(26-20)14-8-11-15-9-4-3-5-10-15/h3-7,9-10,12-13H,2,8,11,14H2,1H3,(H,21,23,24). The number of amides is 1. The maximum Gasteiger partial charge on any atom is 0.258 e. The van der Waals surface area contributed by atoms with Crippen molar-refractivity contribution in [1.82, 2.24) is 10.2 Å². The van der Waals surface area contributed by atoms with Crippen LogP contribution in [-0.2, 0) is 12.8 Å². The molecule has 0 spiro atoms. The van der Waals surface area contributed by atoms with Crippen molar-refractivity contribution in [2.45, 2.75) is 31.1 Å². The summed E-state index contributed by atoms with van der Waals surface area (Å²) in [5.41, 5.74) is 2.01. The van der Waals surface area contributed by atoms with Gasteiger partial charge < -0.3 is 0 Å². The molecule has 0 atom stereocenters. The molecule has 0 aliphatic carbocycles. The van der Waals surface area contributed by atoms with Gasteiger partial charge in [0, 0.05) is 11.3 Å². The van der Waals surface area contributed by atoms with Gasteiger partial charge >= 0.3 is 0 Å². The molecule has 4 nitrogen and oxygen atoms in total. The summed E-state index contributed by atoms with van der Waals surface area (Å²) in [6.07, 6.45) is 2.90. The number of aromatic nitrogens is 2. The van der Waals surface area contributed by atoms with Crippen LogP contribution in [0.25, 0.3) is 0 Å². The lowest BCUT2D eigenvalue weighted by Crippen LogP contribution is -2.12. The number of aryl methyl sites for hydroxylation is 2. The zero-order valence-electron chi connectivity index (χ0n) is 14.6. The van der Waals surface area contributed by atoms with Gasteiger partial charge in [0.05, 0.1) is 5.56 Å². The second kappa shape index (κ2) is 9.50. The Hall–Kier alpha value is -2.18. The second-order valence-electron chi connectivity index (χ2n) is 5.72. The Morgan fingerprint density at radius 3 is 2.62 bits per heavy atom. The van der Waals surface area contributed by atoms with Crippen LogP contribution in [0.5, 0.6) is 0 Å². The highest BCUT2D eigenvalue weighted by atomic mass is 32.2. The Labute approximate surface area is 162 Å². The van der Waals surface area contributed by atoms with E-state index in [2.05, 4.69) is 46.7 Å². The molecule has 6 heteroatoms. The quantitative estimate of drug-likeness (QED) is 0.551. The third-order valence-electron chi connectivity index (χ3n) is 3.82. The minimum Gasteiger partial charge on any atom is -0.296 e. The van der Waals surface area contributed by atoms with Crippen LogP contribution >= 0.6 is 23.1 Å². The molecule has 3 aromatic rings. The van der Waals surface area contributed by atoms with Gasteiger partial charge in [-0.3, -0.25) is 10.1 Å². The number of hydrogen-bond acceptors (Lipinski definition) is 5. The number of hydrogen-bond donors (Lipinski definition) is 1. The van der Waals surface area contributed by atoms with Crippen molar-refractivity contribution in [3.05, 3.63) is 70.7 Å². The molecule has 2 aromatic carbocycles. The molecule has 0 unspecified atom stereocenters. The summed E-state index contributed by atoms with van der Waals surface area (Å²) in [6.45, 7) is 2.08. The molecule has 26 heavy (non-hydrogen) atoms. The van der Waals surface area contributed by atoms with E-state index in [1.54, 1.807) is 11.8 Å². The van der Waals surface area contributed by atoms with Gasteiger partial charge in [-0.05, 0) is 36.3 Å². The van der Waals surface area contributed by atoms with Crippen LogP contribution < -0.4 is 5.32 Å². The Balaban J connectivity index is 1.55. The largest absolute Gasteiger partial charge is 0.296 e. The molecular weight excluding hydrogens is 362 g/mol. The van der Waals surface area contributed by atoms with Crippen LogP contribution in [-0.4, -0.2) is 21.9 Å². The van der Waals surface area contributed by atoms with E-state index in [4.69, 9.17) is 0 Å². The van der Waals surface area contributed by atoms with Crippen molar-refractivity contribution in [3.63, 3.8) is 0 Å². The number of anilines is 1. The van der Waals surface area contributed by atoms with Gasteiger partial charge in [-0.25, -0.2) is 0 Å². The summed E-state index contributed by atoms with van der Waals surface area (Å²) in [4.78, 5) is 13.5. The number of thioether (sulfide) groups is 1. The first-order valence-corrected chi connectivity index (χ1v) is 10.5. The molecule has 0 fully saturated rings. The van der Waals surface area contributed by atoms with Crippen molar-refractivity contribution in [2.24, 2.45) is 0 Å². The topological polar surface area (TPSA) is 54.9 Å². The summed E-state index contributed by atoms with van der Waals surface area (Å²) in [5.74, 6) is 0.794. The normalized spacial score (nSPS) is 10.7. The number of carbonyl (C=O) groups is 1. The molecule has 0 bridgehead atoms. The predicted octanol–water partition coefficient (Wildman–Crippen LogP) is 5.08. The third-order valence-corrected chi connectivity index (χ3v) is 5.67. The van der Waals surface area contributed by atoms with E-state index in [0.717, 1.165) is 34.9 Å². The van der Waals surface area contributed by atoms with Gasteiger partial charge in [-0.2, -0.15) is 0 Å². The summed E-state index contributed by atoms with van der Waals surface area (Å²) >= 11 is 3.11. The van der Waals surface area contributed by atoms with Crippen LogP contribution in [0.1, 0.15) is 34.3 Å². The predicted molar refractivity (Wildman–Crippen MR) is 109 cm³/mol. The monoisotopic (exact) mass is 383 g/mol. The lowest BCUT2D eigenvalue weighted by atomic mass is 10.1. The number of rotatable bonds is 8. The summed E-state index contributed by atoms with van der Waals surface area (Å²) < 4.78 is 0. The lowest BCUT2D eigenvalue weighted by Gasteiger charge is -2.06. The van der Waals surface area contributed by atoms with Gasteiger partial charge in [0.25, 0.3) is 5.91 Å². The van der Waals surface area contributed by atoms with Crippen molar-refractivity contribution in [2.75, 3.05) is 11.1 Å². The highest BCUT2D eigenvalue weighted by molar-refractivity contribution is 7.99. The molecule has 1 heterocycles. The molecule has 0 radical (unpaired) electrons. The number of benzene rings is 2. The SMILES string of the molecule is CCSc1ccccc1C(=O)Nc1nnc(CCCc2ccccc2)s1. The van der Waals surface area contributed by atoms with E-state index in [9.17, 15) is 4.79 Å². The number of carbonyl (C=O) groups excluding carboxylic acids is 1. The van der Waals surface area contributed by atoms with Gasteiger partial charge in [0.1, 0.15) is 5.01 Å². The van der Waals surface area contributed by atoms with Crippen LogP contribution in [0.4, 0.5) is 5.13 Å². The summed E-state index contributed by atoms with van der Waals surface area (Å²) in [6, 6.07) is 18.1. The van der Waals surface area contributed by atoms with E-state index in [-0.39, 0.29) is 5.91 Å². The van der Waals surface area contributed by atoms with Gasteiger partial charge in [-0.15, -0.1) is 22.0 Å². The maximum atomic E-state index is 12.5. The second-order valence-corrected chi connectivity index (χ2v) is 8.09. The molecule has 3 rings (SSSR count). The van der Waals surface area contributed by atoms with E-state index in [1.165, 1.54) is 16.9 Å². The molecule has 0 saturated carbocycles. The van der Waals surface area contributed by atoms with E-state index in [1.807, 2.05) is 30.3 Å². The van der Waals surface area contributed by atoms with Crippen molar-refractivity contribution in [3.8, 4) is 0 Å². The summed E-state index contributed by atoms with van der Waals surface area (Å²) in [5, 5.41) is 12.7. The van der Waals surface area contributed by atoms with Crippen LogP contribution in [0.2, 0.25) is 0 Å². The highest BCUT2D eigenvalue weighted by Crippen LogP contribution is 2.24. The van der Waals surface area contributed by atoms with Crippen molar-refractivity contribution < 1.29 is 4.79 Å². The molecule has 0 aliphatic heterocycles. The fraction of sp³-hybridized carbons (Fsp3) is 0.250. The minimum atomic E-state index is -0.131. The number of nitrogens with one attached hydrogen (secondary N) is 1. The molecule has 0 aliphatic rings. The van der Waals surface area contributed by atoms with E-state index < -0.39 is 0 Å².